The van der Waals surface area contributed by atoms with E-state index >= 15 is 0 Å². The number of carbonyl (C=O) groups is 1. The van der Waals surface area contributed by atoms with E-state index in [1.165, 1.54) is 19.3 Å². The van der Waals surface area contributed by atoms with Gasteiger partial charge in [0.2, 0.25) is 5.91 Å². The zero-order valence-corrected chi connectivity index (χ0v) is 13.2. The molecule has 0 saturated carbocycles. The number of rotatable bonds is 4. The van der Waals surface area contributed by atoms with E-state index < -0.39 is 0 Å². The third-order valence-electron chi connectivity index (χ3n) is 4.88. The van der Waals surface area contributed by atoms with Gasteiger partial charge in [0, 0.05) is 13.1 Å². The first-order valence-electron chi connectivity index (χ1n) is 8.49. The smallest absolute Gasteiger partial charge is 0.236 e. The summed E-state index contributed by atoms with van der Waals surface area (Å²) in [4.78, 5) is 16.7. The Morgan fingerprint density at radius 1 is 1.18 bits per heavy atom. The van der Waals surface area contributed by atoms with Gasteiger partial charge >= 0.3 is 0 Å². The van der Waals surface area contributed by atoms with Gasteiger partial charge in [-0.15, -0.1) is 0 Å². The van der Waals surface area contributed by atoms with Crippen LogP contribution in [0.4, 0.5) is 0 Å². The van der Waals surface area contributed by atoms with E-state index in [2.05, 4.69) is 11.0 Å². The Hall–Kier alpha value is -1.55. The summed E-state index contributed by atoms with van der Waals surface area (Å²) in [7, 11) is 0. The van der Waals surface area contributed by atoms with Crippen molar-refractivity contribution >= 4 is 5.91 Å². The minimum Gasteiger partial charge on any atom is -0.508 e. The highest BCUT2D eigenvalue weighted by Crippen LogP contribution is 2.23. The van der Waals surface area contributed by atoms with Gasteiger partial charge in [-0.2, -0.15) is 0 Å². The average molecular weight is 302 g/mol. The maximum atomic E-state index is 12.4. The van der Waals surface area contributed by atoms with Crippen molar-refractivity contribution in [3.63, 3.8) is 0 Å². The second kappa shape index (κ2) is 7.14. The Balaban J connectivity index is 1.48. The first-order chi connectivity index (χ1) is 10.7. The topological polar surface area (TPSA) is 43.8 Å². The predicted molar refractivity (Wildman–Crippen MR) is 86.8 cm³/mol. The number of amides is 1. The summed E-state index contributed by atoms with van der Waals surface area (Å²) in [5.74, 6) is 1.14. The van der Waals surface area contributed by atoms with E-state index in [9.17, 15) is 9.90 Å². The Morgan fingerprint density at radius 2 is 2.00 bits per heavy atom. The van der Waals surface area contributed by atoms with Gasteiger partial charge in [0.05, 0.1) is 6.54 Å². The van der Waals surface area contributed by atoms with Crippen LogP contribution in [0.1, 0.15) is 31.2 Å². The number of phenolic OH excluding ortho intramolecular Hbond substituents is 1. The molecule has 3 rings (SSSR count). The van der Waals surface area contributed by atoms with Gasteiger partial charge in [-0.1, -0.05) is 18.6 Å². The first kappa shape index (κ1) is 15.3. The molecule has 2 aliphatic heterocycles. The number of aromatic hydroxyl groups is 1. The molecular weight excluding hydrogens is 276 g/mol. The van der Waals surface area contributed by atoms with E-state index in [1.54, 1.807) is 6.07 Å². The number of piperidine rings is 1. The summed E-state index contributed by atoms with van der Waals surface area (Å²) >= 11 is 0. The standard InChI is InChI=1S/C18H26N2O2/c21-17-6-4-5-15(12-17)11-16-7-10-20(13-16)18(22)14-19-8-2-1-3-9-19/h4-6,12,16,21H,1-3,7-11,13-14H2. The van der Waals surface area contributed by atoms with E-state index in [4.69, 9.17) is 0 Å². The number of benzene rings is 1. The number of hydrogen-bond donors (Lipinski definition) is 1. The molecule has 2 heterocycles. The fraction of sp³-hybridized carbons (Fsp3) is 0.611. The number of hydrogen-bond acceptors (Lipinski definition) is 3. The van der Waals surface area contributed by atoms with Gasteiger partial charge in [-0.25, -0.2) is 0 Å². The van der Waals surface area contributed by atoms with Crippen LogP contribution in [0.3, 0.4) is 0 Å². The number of phenols is 1. The van der Waals surface area contributed by atoms with E-state index in [0.29, 0.717) is 24.1 Å². The summed E-state index contributed by atoms with van der Waals surface area (Å²) < 4.78 is 0. The lowest BCUT2D eigenvalue weighted by Crippen LogP contribution is -2.41. The molecule has 1 amide bonds. The number of nitrogens with zero attached hydrogens (tertiary/aromatic N) is 2. The Bertz CT molecular complexity index is 512. The van der Waals surface area contributed by atoms with Crippen LogP contribution in [0.5, 0.6) is 5.75 Å². The maximum absolute atomic E-state index is 12.4. The summed E-state index contributed by atoms with van der Waals surface area (Å²) in [6, 6.07) is 7.47. The highest BCUT2D eigenvalue weighted by Gasteiger charge is 2.27. The molecule has 120 valence electrons. The van der Waals surface area contributed by atoms with Crippen molar-refractivity contribution in [2.24, 2.45) is 5.92 Å². The molecule has 1 unspecified atom stereocenters. The van der Waals surface area contributed by atoms with Crippen LogP contribution in [0.25, 0.3) is 0 Å². The molecule has 2 aliphatic rings. The van der Waals surface area contributed by atoms with Gasteiger partial charge in [-0.05, 0) is 62.4 Å². The molecule has 2 fully saturated rings. The van der Waals surface area contributed by atoms with Crippen LogP contribution < -0.4 is 0 Å². The summed E-state index contributed by atoms with van der Waals surface area (Å²) in [5.41, 5.74) is 1.16. The molecule has 2 saturated heterocycles. The first-order valence-corrected chi connectivity index (χ1v) is 8.49. The second-order valence-corrected chi connectivity index (χ2v) is 6.71. The summed E-state index contributed by atoms with van der Waals surface area (Å²) in [6.07, 6.45) is 5.78. The van der Waals surface area contributed by atoms with E-state index in [0.717, 1.165) is 44.6 Å². The molecule has 0 radical (unpaired) electrons. The van der Waals surface area contributed by atoms with Crippen molar-refractivity contribution in [1.29, 1.82) is 0 Å². The molecule has 1 aromatic carbocycles. The molecule has 22 heavy (non-hydrogen) atoms. The van der Waals surface area contributed by atoms with E-state index in [1.807, 2.05) is 17.0 Å². The van der Waals surface area contributed by atoms with Crippen LogP contribution in [-0.2, 0) is 11.2 Å². The minimum atomic E-state index is 0.292. The molecule has 1 N–H and O–H groups in total. The lowest BCUT2D eigenvalue weighted by molar-refractivity contribution is -0.131. The molecular formula is C18H26N2O2. The molecule has 0 bridgehead atoms. The van der Waals surface area contributed by atoms with Crippen molar-refractivity contribution in [2.45, 2.75) is 32.1 Å². The van der Waals surface area contributed by atoms with Crippen LogP contribution in [0.15, 0.2) is 24.3 Å². The van der Waals surface area contributed by atoms with Gasteiger partial charge in [0.25, 0.3) is 0 Å². The molecule has 0 aliphatic carbocycles. The maximum Gasteiger partial charge on any atom is 0.236 e. The number of carbonyl (C=O) groups excluding carboxylic acids is 1. The molecule has 0 spiro atoms. The Morgan fingerprint density at radius 3 is 2.77 bits per heavy atom. The molecule has 4 heteroatoms. The second-order valence-electron chi connectivity index (χ2n) is 6.71. The fourth-order valence-electron chi connectivity index (χ4n) is 3.65. The van der Waals surface area contributed by atoms with Crippen LogP contribution in [0.2, 0.25) is 0 Å². The minimum absolute atomic E-state index is 0.292. The highest BCUT2D eigenvalue weighted by atomic mass is 16.3. The van der Waals surface area contributed by atoms with Gasteiger partial charge in [0.1, 0.15) is 5.75 Å². The van der Waals surface area contributed by atoms with Crippen molar-refractivity contribution in [1.82, 2.24) is 9.80 Å². The summed E-state index contributed by atoms with van der Waals surface area (Å²) in [5, 5.41) is 9.54. The normalized spacial score (nSPS) is 22.9. The van der Waals surface area contributed by atoms with Gasteiger partial charge in [-0.3, -0.25) is 9.69 Å². The fourth-order valence-corrected chi connectivity index (χ4v) is 3.65. The molecule has 1 atom stereocenters. The lowest BCUT2D eigenvalue weighted by Gasteiger charge is -2.28. The van der Waals surface area contributed by atoms with Crippen molar-refractivity contribution in [3.8, 4) is 5.75 Å². The Kier molecular flexibility index (Phi) is 4.98. The zero-order chi connectivity index (χ0) is 15.4. The SMILES string of the molecule is O=C(CN1CCCCC1)N1CCC(Cc2cccc(O)c2)C1. The summed E-state index contributed by atoms with van der Waals surface area (Å²) in [6.45, 7) is 4.50. The molecule has 4 nitrogen and oxygen atoms in total. The average Bonchev–Trinajstić information content (AvgIpc) is 2.97. The van der Waals surface area contributed by atoms with Crippen LogP contribution in [0, 0.1) is 5.92 Å². The van der Waals surface area contributed by atoms with E-state index in [-0.39, 0.29) is 0 Å². The monoisotopic (exact) mass is 302 g/mol. The Labute approximate surface area is 132 Å². The molecule has 0 aromatic heterocycles. The van der Waals surface area contributed by atoms with Crippen molar-refractivity contribution in [2.75, 3.05) is 32.7 Å². The zero-order valence-electron chi connectivity index (χ0n) is 13.2. The van der Waals surface area contributed by atoms with Crippen molar-refractivity contribution in [3.05, 3.63) is 29.8 Å². The predicted octanol–water partition coefficient (Wildman–Crippen LogP) is 2.27. The van der Waals surface area contributed by atoms with Crippen molar-refractivity contribution < 1.29 is 9.90 Å². The van der Waals surface area contributed by atoms with Crippen LogP contribution in [-0.4, -0.2) is 53.5 Å². The third-order valence-corrected chi connectivity index (χ3v) is 4.88. The van der Waals surface area contributed by atoms with Crippen LogP contribution >= 0.6 is 0 Å². The quantitative estimate of drug-likeness (QED) is 0.928. The third kappa shape index (κ3) is 4.01. The highest BCUT2D eigenvalue weighted by molar-refractivity contribution is 5.78. The van der Waals surface area contributed by atoms with Gasteiger partial charge < -0.3 is 10.0 Å². The number of likely N-dealkylation sites (tertiary alicyclic amines) is 2. The lowest BCUT2D eigenvalue weighted by atomic mass is 9.98. The largest absolute Gasteiger partial charge is 0.508 e. The molecule has 1 aromatic rings. The van der Waals surface area contributed by atoms with Gasteiger partial charge in [0.15, 0.2) is 0 Å².